The molecule has 26 heavy (non-hydrogen) atoms. The summed E-state index contributed by atoms with van der Waals surface area (Å²) in [6.45, 7) is 1.12. The lowest BCUT2D eigenvalue weighted by molar-refractivity contribution is 0.0955. The van der Waals surface area contributed by atoms with Gasteiger partial charge in [0.2, 0.25) is 10.0 Å². The van der Waals surface area contributed by atoms with E-state index in [0.29, 0.717) is 18.7 Å². The third-order valence-electron chi connectivity index (χ3n) is 4.22. The summed E-state index contributed by atoms with van der Waals surface area (Å²) in [6, 6.07) is 9.79. The molecular formula is C18H21N3O3S2. The molecule has 8 heteroatoms. The average molecular weight is 392 g/mol. The van der Waals surface area contributed by atoms with Gasteiger partial charge in [0.15, 0.2) is 0 Å². The van der Waals surface area contributed by atoms with E-state index in [4.69, 9.17) is 0 Å². The van der Waals surface area contributed by atoms with Gasteiger partial charge in [-0.3, -0.25) is 4.79 Å². The van der Waals surface area contributed by atoms with Crippen molar-refractivity contribution in [2.24, 2.45) is 5.10 Å². The molecule has 6 nitrogen and oxygen atoms in total. The van der Waals surface area contributed by atoms with Crippen LogP contribution in [0.25, 0.3) is 0 Å². The number of thiophene rings is 1. The predicted octanol–water partition coefficient (Wildman–Crippen LogP) is 3.08. The van der Waals surface area contributed by atoms with Gasteiger partial charge in [0.1, 0.15) is 0 Å². The fourth-order valence-corrected chi connectivity index (χ4v) is 4.90. The first-order valence-corrected chi connectivity index (χ1v) is 10.9. The normalized spacial score (nSPS) is 16.5. The third kappa shape index (κ3) is 4.57. The summed E-state index contributed by atoms with van der Waals surface area (Å²) in [6.07, 6.45) is 5.49. The van der Waals surface area contributed by atoms with Crippen molar-refractivity contribution in [1.29, 1.82) is 0 Å². The fraction of sp³-hybridized carbons (Fsp3) is 0.333. The van der Waals surface area contributed by atoms with Crippen LogP contribution in [-0.4, -0.2) is 37.9 Å². The van der Waals surface area contributed by atoms with Crippen molar-refractivity contribution < 1.29 is 13.2 Å². The van der Waals surface area contributed by atoms with Crippen LogP contribution in [0.3, 0.4) is 0 Å². The number of amides is 1. The Morgan fingerprint density at radius 3 is 2.38 bits per heavy atom. The zero-order chi connectivity index (χ0) is 18.4. The van der Waals surface area contributed by atoms with Crippen LogP contribution in [0, 0.1) is 0 Å². The van der Waals surface area contributed by atoms with E-state index in [1.54, 1.807) is 10.5 Å². The maximum atomic E-state index is 12.7. The van der Waals surface area contributed by atoms with Gasteiger partial charge >= 0.3 is 0 Å². The van der Waals surface area contributed by atoms with Gasteiger partial charge in [-0.25, -0.2) is 13.8 Å². The minimum Gasteiger partial charge on any atom is -0.267 e. The number of carbonyl (C=O) groups excluding carboxylic acids is 1. The summed E-state index contributed by atoms with van der Waals surface area (Å²) in [5, 5.41) is 5.83. The van der Waals surface area contributed by atoms with Crippen LogP contribution >= 0.6 is 11.3 Å². The van der Waals surface area contributed by atoms with Crippen LogP contribution in [0.2, 0.25) is 0 Å². The molecular weight excluding hydrogens is 370 g/mol. The number of nitrogens with zero attached hydrogens (tertiary/aromatic N) is 2. The van der Waals surface area contributed by atoms with Crippen LogP contribution in [0.4, 0.5) is 0 Å². The molecule has 0 saturated carbocycles. The molecule has 1 aromatic carbocycles. The van der Waals surface area contributed by atoms with Gasteiger partial charge in [-0.1, -0.05) is 18.9 Å². The highest BCUT2D eigenvalue weighted by molar-refractivity contribution is 7.89. The lowest BCUT2D eigenvalue weighted by Gasteiger charge is -2.19. The molecule has 0 bridgehead atoms. The van der Waals surface area contributed by atoms with E-state index in [1.807, 2.05) is 17.5 Å². The maximum absolute atomic E-state index is 12.7. The molecule has 1 saturated heterocycles. The van der Waals surface area contributed by atoms with Crippen molar-refractivity contribution in [2.45, 2.75) is 30.6 Å². The molecule has 1 aliphatic rings. The van der Waals surface area contributed by atoms with Gasteiger partial charge in [-0.15, -0.1) is 11.3 Å². The number of hydrogen-bond acceptors (Lipinski definition) is 5. The summed E-state index contributed by atoms with van der Waals surface area (Å²) in [5.41, 5.74) is 2.81. The molecule has 0 unspecified atom stereocenters. The average Bonchev–Trinajstić information content (AvgIpc) is 3.00. The molecule has 0 aliphatic carbocycles. The Labute approximate surface area is 157 Å². The van der Waals surface area contributed by atoms with Gasteiger partial charge in [-0.05, 0) is 48.6 Å². The van der Waals surface area contributed by atoms with E-state index >= 15 is 0 Å². The van der Waals surface area contributed by atoms with Gasteiger partial charge in [0.05, 0.1) is 11.1 Å². The van der Waals surface area contributed by atoms with Crippen molar-refractivity contribution in [2.75, 3.05) is 13.1 Å². The molecule has 0 spiro atoms. The molecule has 1 aromatic heterocycles. The lowest BCUT2D eigenvalue weighted by Crippen LogP contribution is -2.32. The summed E-state index contributed by atoms with van der Waals surface area (Å²) in [5.74, 6) is -0.378. The minimum absolute atomic E-state index is 0.220. The molecule has 1 aliphatic heterocycles. The Hall–Kier alpha value is -2.03. The Balaban J connectivity index is 1.66. The number of hydrogen-bond donors (Lipinski definition) is 1. The SMILES string of the molecule is O=C(NN=Cc1cccs1)c1ccc(S(=O)(=O)N2CCCCCC2)cc1. The highest BCUT2D eigenvalue weighted by Gasteiger charge is 2.25. The molecule has 0 radical (unpaired) electrons. The number of sulfonamides is 1. The van der Waals surface area contributed by atoms with Crippen molar-refractivity contribution >= 4 is 33.5 Å². The zero-order valence-electron chi connectivity index (χ0n) is 14.3. The Morgan fingerprint density at radius 2 is 1.77 bits per heavy atom. The first-order chi connectivity index (χ1) is 12.6. The smallest absolute Gasteiger partial charge is 0.267 e. The number of hydrazone groups is 1. The zero-order valence-corrected chi connectivity index (χ0v) is 15.9. The van der Waals surface area contributed by atoms with E-state index in [9.17, 15) is 13.2 Å². The predicted molar refractivity (Wildman–Crippen MR) is 103 cm³/mol. The molecule has 1 amide bonds. The second kappa shape index (κ2) is 8.57. The number of carbonyl (C=O) groups is 1. The van der Waals surface area contributed by atoms with Gasteiger partial charge in [0, 0.05) is 23.5 Å². The first kappa shape index (κ1) is 18.8. The van der Waals surface area contributed by atoms with Crippen LogP contribution in [0.15, 0.2) is 51.8 Å². The minimum atomic E-state index is -3.50. The summed E-state index contributed by atoms with van der Waals surface area (Å²) >= 11 is 1.52. The highest BCUT2D eigenvalue weighted by atomic mass is 32.2. The van der Waals surface area contributed by atoms with E-state index < -0.39 is 10.0 Å². The molecule has 1 fully saturated rings. The Kier molecular flexibility index (Phi) is 6.18. The molecule has 1 N–H and O–H groups in total. The van der Waals surface area contributed by atoms with E-state index in [1.165, 1.54) is 35.6 Å². The van der Waals surface area contributed by atoms with Crippen LogP contribution in [0.1, 0.15) is 40.9 Å². The van der Waals surface area contributed by atoms with Crippen LogP contribution in [-0.2, 0) is 10.0 Å². The summed E-state index contributed by atoms with van der Waals surface area (Å²) in [7, 11) is -3.50. The van der Waals surface area contributed by atoms with Crippen LogP contribution < -0.4 is 5.43 Å². The number of nitrogens with one attached hydrogen (secondary N) is 1. The quantitative estimate of drug-likeness (QED) is 0.628. The van der Waals surface area contributed by atoms with Crippen molar-refractivity contribution in [1.82, 2.24) is 9.73 Å². The maximum Gasteiger partial charge on any atom is 0.271 e. The monoisotopic (exact) mass is 391 g/mol. The molecule has 138 valence electrons. The second-order valence-electron chi connectivity index (χ2n) is 6.06. The molecule has 3 rings (SSSR count). The molecule has 2 heterocycles. The fourth-order valence-electron chi connectivity index (χ4n) is 2.79. The standard InChI is InChI=1S/C18H21N3O3S2/c22-18(20-19-14-16-6-5-13-25-16)15-7-9-17(10-8-15)26(23,24)21-11-3-1-2-4-12-21/h5-10,13-14H,1-4,11-12H2,(H,20,22). The van der Waals surface area contributed by atoms with Crippen molar-refractivity contribution in [3.05, 3.63) is 52.2 Å². The summed E-state index contributed by atoms with van der Waals surface area (Å²) < 4.78 is 27.0. The van der Waals surface area contributed by atoms with Crippen molar-refractivity contribution in [3.63, 3.8) is 0 Å². The Morgan fingerprint density at radius 1 is 1.08 bits per heavy atom. The van der Waals surface area contributed by atoms with Gasteiger partial charge in [-0.2, -0.15) is 9.41 Å². The first-order valence-electron chi connectivity index (χ1n) is 8.54. The van der Waals surface area contributed by atoms with E-state index in [-0.39, 0.29) is 10.8 Å². The van der Waals surface area contributed by atoms with E-state index in [2.05, 4.69) is 10.5 Å². The van der Waals surface area contributed by atoms with E-state index in [0.717, 1.165) is 30.6 Å². The number of benzene rings is 1. The Bertz CT molecular complexity index is 852. The number of rotatable bonds is 5. The topological polar surface area (TPSA) is 78.8 Å². The molecule has 0 atom stereocenters. The van der Waals surface area contributed by atoms with Gasteiger partial charge in [0.25, 0.3) is 5.91 Å². The highest BCUT2D eigenvalue weighted by Crippen LogP contribution is 2.20. The second-order valence-corrected chi connectivity index (χ2v) is 8.97. The van der Waals surface area contributed by atoms with Crippen LogP contribution in [0.5, 0.6) is 0 Å². The lowest BCUT2D eigenvalue weighted by atomic mass is 10.2. The van der Waals surface area contributed by atoms with Crippen molar-refractivity contribution in [3.8, 4) is 0 Å². The summed E-state index contributed by atoms with van der Waals surface area (Å²) in [4.78, 5) is 13.3. The molecule has 2 aromatic rings. The largest absolute Gasteiger partial charge is 0.271 e. The van der Waals surface area contributed by atoms with Gasteiger partial charge < -0.3 is 0 Å². The third-order valence-corrected chi connectivity index (χ3v) is 6.94.